The molecule has 2 fully saturated rings. The van der Waals surface area contributed by atoms with E-state index in [0.29, 0.717) is 12.0 Å². The zero-order valence-electron chi connectivity index (χ0n) is 12.9. The van der Waals surface area contributed by atoms with Crippen LogP contribution in [-0.2, 0) is 4.74 Å². The first-order valence-electron chi connectivity index (χ1n) is 8.36. The normalized spacial score (nSPS) is 34.8. The lowest BCUT2D eigenvalue weighted by molar-refractivity contribution is -0.0734. The summed E-state index contributed by atoms with van der Waals surface area (Å²) in [5.41, 5.74) is 1.43. The maximum Gasteiger partial charge on any atom is 0.0696 e. The summed E-state index contributed by atoms with van der Waals surface area (Å²) in [6, 6.07) is 11.5. The minimum atomic E-state index is -0.183. The second-order valence-electron chi connectivity index (χ2n) is 6.43. The molecule has 0 bridgehead atoms. The number of morpholine rings is 1. The first-order valence-corrected chi connectivity index (χ1v) is 8.36. The van der Waals surface area contributed by atoms with Crippen molar-refractivity contribution < 1.29 is 9.84 Å². The lowest BCUT2D eigenvalue weighted by Gasteiger charge is -2.46. The molecule has 1 aromatic carbocycles. The molecule has 3 rings (SSSR count). The van der Waals surface area contributed by atoms with Gasteiger partial charge in [0, 0.05) is 18.6 Å². The number of rotatable bonds is 3. The molecule has 4 unspecified atom stereocenters. The van der Waals surface area contributed by atoms with E-state index in [4.69, 9.17) is 4.74 Å². The highest BCUT2D eigenvalue weighted by molar-refractivity contribution is 5.20. The molecule has 0 amide bonds. The van der Waals surface area contributed by atoms with Crippen LogP contribution in [0.3, 0.4) is 0 Å². The second-order valence-corrected chi connectivity index (χ2v) is 6.43. The van der Waals surface area contributed by atoms with Crippen LogP contribution in [0.25, 0.3) is 0 Å². The number of ether oxygens (including phenoxy) is 1. The Bertz CT molecular complexity index is 436. The zero-order chi connectivity index (χ0) is 14.7. The summed E-state index contributed by atoms with van der Waals surface area (Å²) in [6.45, 7) is 4.80. The predicted octanol–water partition coefficient (Wildman–Crippen LogP) is 2.79. The maximum atomic E-state index is 10.5. The van der Waals surface area contributed by atoms with Gasteiger partial charge in [0.2, 0.25) is 0 Å². The van der Waals surface area contributed by atoms with Gasteiger partial charge in [-0.25, -0.2) is 0 Å². The number of hydrogen-bond donors (Lipinski definition) is 1. The van der Waals surface area contributed by atoms with Crippen molar-refractivity contribution in [2.75, 3.05) is 19.8 Å². The molecule has 2 aliphatic rings. The highest BCUT2D eigenvalue weighted by Gasteiger charge is 2.37. The Balaban J connectivity index is 1.74. The predicted molar refractivity (Wildman–Crippen MR) is 84.4 cm³/mol. The van der Waals surface area contributed by atoms with Crippen LogP contribution < -0.4 is 0 Å². The molecular weight excluding hydrogens is 262 g/mol. The fraction of sp³-hybridized carbons (Fsp3) is 0.667. The molecule has 3 heteroatoms. The van der Waals surface area contributed by atoms with Crippen LogP contribution in [0.5, 0.6) is 0 Å². The molecule has 1 heterocycles. The molecule has 1 aromatic rings. The van der Waals surface area contributed by atoms with Gasteiger partial charge in [-0.15, -0.1) is 0 Å². The molecular formula is C18H27NO2. The summed E-state index contributed by atoms with van der Waals surface area (Å²) in [5, 5.41) is 10.5. The van der Waals surface area contributed by atoms with Crippen molar-refractivity contribution in [3.8, 4) is 0 Å². The second kappa shape index (κ2) is 6.91. The topological polar surface area (TPSA) is 32.7 Å². The molecule has 1 saturated heterocycles. The Kier molecular flexibility index (Phi) is 4.94. The van der Waals surface area contributed by atoms with E-state index in [2.05, 4.69) is 42.2 Å². The summed E-state index contributed by atoms with van der Waals surface area (Å²) in [4.78, 5) is 2.52. The Morgan fingerprint density at radius 1 is 1.24 bits per heavy atom. The van der Waals surface area contributed by atoms with Crippen LogP contribution in [0, 0.1) is 0 Å². The first kappa shape index (κ1) is 15.0. The fourth-order valence-electron chi connectivity index (χ4n) is 3.97. The average molecular weight is 289 g/mol. The average Bonchev–Trinajstić information content (AvgIpc) is 2.56. The van der Waals surface area contributed by atoms with Gasteiger partial charge in [0.25, 0.3) is 0 Å². The Hall–Kier alpha value is -0.900. The van der Waals surface area contributed by atoms with Crippen LogP contribution in [-0.4, -0.2) is 48.0 Å². The van der Waals surface area contributed by atoms with E-state index in [1.54, 1.807) is 0 Å². The van der Waals surface area contributed by atoms with E-state index in [1.807, 2.05) is 0 Å². The highest BCUT2D eigenvalue weighted by atomic mass is 16.5. The SMILES string of the molecule is CCC1COCCN1C1CC(c2ccccc2)CCC1O. The van der Waals surface area contributed by atoms with Crippen LogP contribution in [0.15, 0.2) is 30.3 Å². The molecule has 21 heavy (non-hydrogen) atoms. The van der Waals surface area contributed by atoms with E-state index < -0.39 is 0 Å². The molecule has 0 spiro atoms. The lowest BCUT2D eigenvalue weighted by Crippen LogP contribution is -2.56. The van der Waals surface area contributed by atoms with Crippen LogP contribution >= 0.6 is 0 Å². The summed E-state index contributed by atoms with van der Waals surface area (Å²) < 4.78 is 5.62. The van der Waals surface area contributed by atoms with Gasteiger partial charge < -0.3 is 9.84 Å². The third kappa shape index (κ3) is 3.31. The van der Waals surface area contributed by atoms with Crippen LogP contribution in [0.4, 0.5) is 0 Å². The van der Waals surface area contributed by atoms with E-state index in [1.165, 1.54) is 5.56 Å². The number of nitrogens with zero attached hydrogens (tertiary/aromatic N) is 1. The number of benzene rings is 1. The van der Waals surface area contributed by atoms with Gasteiger partial charge in [0.1, 0.15) is 0 Å². The molecule has 3 nitrogen and oxygen atoms in total. The highest BCUT2D eigenvalue weighted by Crippen LogP contribution is 2.36. The molecule has 1 aliphatic carbocycles. The minimum absolute atomic E-state index is 0.183. The van der Waals surface area contributed by atoms with Gasteiger partial charge in [0.15, 0.2) is 0 Å². The third-order valence-corrected chi connectivity index (χ3v) is 5.22. The number of hydrogen-bond acceptors (Lipinski definition) is 3. The molecule has 116 valence electrons. The van der Waals surface area contributed by atoms with Crippen molar-refractivity contribution in [1.82, 2.24) is 4.90 Å². The van der Waals surface area contributed by atoms with Crippen LogP contribution in [0.1, 0.15) is 44.1 Å². The molecule has 0 radical (unpaired) electrons. The largest absolute Gasteiger partial charge is 0.391 e. The summed E-state index contributed by atoms with van der Waals surface area (Å²) in [5.74, 6) is 0.583. The van der Waals surface area contributed by atoms with Crippen molar-refractivity contribution in [1.29, 1.82) is 0 Å². The molecule has 1 saturated carbocycles. The van der Waals surface area contributed by atoms with Gasteiger partial charge in [-0.05, 0) is 37.2 Å². The van der Waals surface area contributed by atoms with E-state index in [0.717, 1.165) is 45.4 Å². The minimum Gasteiger partial charge on any atom is -0.391 e. The lowest BCUT2D eigenvalue weighted by atomic mass is 9.78. The smallest absolute Gasteiger partial charge is 0.0696 e. The fourth-order valence-corrected chi connectivity index (χ4v) is 3.97. The van der Waals surface area contributed by atoms with Gasteiger partial charge in [-0.1, -0.05) is 37.3 Å². The standard InChI is InChI=1S/C18H27NO2/c1-2-16-13-21-11-10-19(16)17-12-15(8-9-18(17)20)14-6-4-3-5-7-14/h3-7,15-18,20H,2,8-13H2,1H3. The van der Waals surface area contributed by atoms with Crippen molar-refractivity contribution in [2.24, 2.45) is 0 Å². The molecule has 1 N–H and O–H groups in total. The Labute approximate surface area is 127 Å². The maximum absolute atomic E-state index is 10.5. The van der Waals surface area contributed by atoms with Gasteiger partial charge in [-0.3, -0.25) is 4.90 Å². The van der Waals surface area contributed by atoms with Gasteiger partial charge in [-0.2, -0.15) is 0 Å². The summed E-state index contributed by atoms with van der Waals surface area (Å²) >= 11 is 0. The third-order valence-electron chi connectivity index (χ3n) is 5.22. The monoisotopic (exact) mass is 289 g/mol. The van der Waals surface area contributed by atoms with Crippen molar-refractivity contribution in [2.45, 2.75) is 56.7 Å². The van der Waals surface area contributed by atoms with Crippen LogP contribution in [0.2, 0.25) is 0 Å². The van der Waals surface area contributed by atoms with Gasteiger partial charge >= 0.3 is 0 Å². The molecule has 1 aliphatic heterocycles. The summed E-state index contributed by atoms with van der Waals surface area (Å²) in [6.07, 6.45) is 4.00. The quantitative estimate of drug-likeness (QED) is 0.929. The van der Waals surface area contributed by atoms with Gasteiger partial charge in [0.05, 0.1) is 19.3 Å². The van der Waals surface area contributed by atoms with Crippen molar-refractivity contribution in [3.63, 3.8) is 0 Å². The number of aliphatic hydroxyl groups excluding tert-OH is 1. The molecule has 0 aromatic heterocycles. The van der Waals surface area contributed by atoms with E-state index in [-0.39, 0.29) is 12.1 Å². The van der Waals surface area contributed by atoms with E-state index >= 15 is 0 Å². The Morgan fingerprint density at radius 3 is 2.81 bits per heavy atom. The Morgan fingerprint density at radius 2 is 2.05 bits per heavy atom. The molecule has 4 atom stereocenters. The first-order chi connectivity index (χ1) is 10.3. The zero-order valence-corrected chi connectivity index (χ0v) is 12.9. The van der Waals surface area contributed by atoms with Crippen molar-refractivity contribution >= 4 is 0 Å². The van der Waals surface area contributed by atoms with E-state index in [9.17, 15) is 5.11 Å². The van der Waals surface area contributed by atoms with Crippen molar-refractivity contribution in [3.05, 3.63) is 35.9 Å². The summed E-state index contributed by atoms with van der Waals surface area (Å²) in [7, 11) is 0. The number of aliphatic hydroxyl groups is 1.